The third-order valence-electron chi connectivity index (χ3n) is 2.45. The number of fused-ring (bicyclic) bond motifs is 1. The first-order valence-corrected chi connectivity index (χ1v) is 5.07. The maximum Gasteiger partial charge on any atom is 0.453 e. The first kappa shape index (κ1) is 16.2. The topological polar surface area (TPSA) is 50.9 Å². The lowest BCUT2D eigenvalue weighted by molar-refractivity contribution is -0.164. The Morgan fingerprint density at radius 2 is 1.36 bits per heavy atom. The van der Waals surface area contributed by atoms with E-state index in [1.54, 1.807) is 0 Å². The van der Waals surface area contributed by atoms with Gasteiger partial charge in [0.2, 0.25) is 0 Å². The number of alkyl halides is 9. The molecule has 0 radical (unpaired) electrons. The maximum atomic E-state index is 12.6. The molecular weight excluding hydrogens is 337 g/mol. The molecule has 13 heteroatoms. The number of aromatic nitrogens is 3. The van der Waals surface area contributed by atoms with Crippen LogP contribution in [0.3, 0.4) is 0 Å². The van der Waals surface area contributed by atoms with E-state index in [2.05, 4.69) is 9.97 Å². The highest BCUT2D eigenvalue weighted by Gasteiger charge is 2.46. The van der Waals surface area contributed by atoms with E-state index < -0.39 is 51.5 Å². The highest BCUT2D eigenvalue weighted by atomic mass is 19.4. The quantitative estimate of drug-likeness (QED) is 0.588. The first-order valence-electron chi connectivity index (χ1n) is 5.07. The molecule has 0 aromatic carbocycles. The second kappa shape index (κ2) is 4.39. The van der Waals surface area contributed by atoms with E-state index in [0.717, 1.165) is 0 Å². The van der Waals surface area contributed by atoms with Gasteiger partial charge in [0.25, 0.3) is 5.82 Å². The van der Waals surface area contributed by atoms with Gasteiger partial charge in [-0.1, -0.05) is 0 Å². The van der Waals surface area contributed by atoms with E-state index >= 15 is 0 Å². The monoisotopic (exact) mass is 339 g/mol. The van der Waals surface area contributed by atoms with E-state index in [-0.39, 0.29) is 6.07 Å². The number of hydrogen-bond donors (Lipinski definition) is 1. The molecule has 22 heavy (non-hydrogen) atoms. The Bertz CT molecular complexity index is 725. The third-order valence-corrected chi connectivity index (χ3v) is 2.45. The third kappa shape index (κ3) is 2.62. The molecule has 0 spiro atoms. The summed E-state index contributed by atoms with van der Waals surface area (Å²) in [5.74, 6) is -2.09. The summed E-state index contributed by atoms with van der Waals surface area (Å²) in [6, 6.07) is -0.298. The minimum atomic E-state index is -5.57. The number of rotatable bonds is 0. The number of halogens is 9. The fourth-order valence-corrected chi connectivity index (χ4v) is 1.61. The minimum Gasteiger partial charge on any atom is -0.426 e. The largest absolute Gasteiger partial charge is 0.453 e. The SMILES string of the molecule is On1c(C(F)(F)F)nc2nc(C(F)(F)F)c(C(F)(F)F)cc21. The zero-order valence-corrected chi connectivity index (χ0v) is 9.77. The molecule has 2 rings (SSSR count). The van der Waals surface area contributed by atoms with Gasteiger partial charge in [0.15, 0.2) is 11.3 Å². The van der Waals surface area contributed by atoms with Crippen molar-refractivity contribution in [1.82, 2.24) is 14.7 Å². The normalized spacial score (nSPS) is 13.9. The average Bonchev–Trinajstić information content (AvgIpc) is 2.62. The summed E-state index contributed by atoms with van der Waals surface area (Å²) in [6.07, 6.45) is -16.4. The van der Waals surface area contributed by atoms with E-state index in [1.165, 1.54) is 0 Å². The van der Waals surface area contributed by atoms with Gasteiger partial charge < -0.3 is 5.21 Å². The molecule has 0 aliphatic heterocycles. The Morgan fingerprint density at radius 1 is 0.818 bits per heavy atom. The number of imidazole rings is 1. The molecule has 1 N–H and O–H groups in total. The molecular formula is C9H2F9N3O. The van der Waals surface area contributed by atoms with Crippen molar-refractivity contribution in [3.8, 4) is 0 Å². The summed E-state index contributed by atoms with van der Waals surface area (Å²) >= 11 is 0. The molecule has 0 fully saturated rings. The van der Waals surface area contributed by atoms with Crippen molar-refractivity contribution in [2.24, 2.45) is 0 Å². The van der Waals surface area contributed by atoms with Crippen LogP contribution in [-0.2, 0) is 18.5 Å². The Labute approximate surface area is 113 Å². The van der Waals surface area contributed by atoms with Gasteiger partial charge in [-0.25, -0.2) is 9.97 Å². The molecule has 0 saturated heterocycles. The predicted octanol–water partition coefficient (Wildman–Crippen LogP) is 3.73. The zero-order chi connectivity index (χ0) is 17.1. The van der Waals surface area contributed by atoms with Gasteiger partial charge in [-0.2, -0.15) is 44.2 Å². The Morgan fingerprint density at radius 3 is 1.77 bits per heavy atom. The number of nitrogens with zero attached hydrogens (tertiary/aromatic N) is 3. The van der Waals surface area contributed by atoms with Gasteiger partial charge in [-0.15, -0.1) is 0 Å². The molecule has 2 aromatic rings. The van der Waals surface area contributed by atoms with Crippen LogP contribution in [0, 0.1) is 0 Å². The molecule has 122 valence electrons. The number of hydrogen-bond acceptors (Lipinski definition) is 3. The van der Waals surface area contributed by atoms with Crippen LogP contribution in [0.5, 0.6) is 0 Å². The lowest BCUT2D eigenvalue weighted by Crippen LogP contribution is -2.18. The van der Waals surface area contributed by atoms with Crippen molar-refractivity contribution in [3.05, 3.63) is 23.1 Å². The molecule has 2 heterocycles. The molecule has 0 unspecified atom stereocenters. The summed E-state index contributed by atoms with van der Waals surface area (Å²) < 4.78 is 112. The fourth-order valence-electron chi connectivity index (χ4n) is 1.61. The van der Waals surface area contributed by atoms with E-state index in [9.17, 15) is 39.5 Å². The van der Waals surface area contributed by atoms with Crippen molar-refractivity contribution in [2.45, 2.75) is 18.5 Å². The van der Waals surface area contributed by atoms with Gasteiger partial charge in [-0.05, 0) is 6.07 Å². The number of pyridine rings is 1. The summed E-state index contributed by atoms with van der Waals surface area (Å²) in [5, 5.41) is 9.15. The Balaban J connectivity index is 2.87. The first-order chi connectivity index (χ1) is 9.73. The van der Waals surface area contributed by atoms with E-state index in [1.807, 2.05) is 0 Å². The average molecular weight is 339 g/mol. The van der Waals surface area contributed by atoms with E-state index in [0.29, 0.717) is 0 Å². The highest BCUT2D eigenvalue weighted by molar-refractivity contribution is 5.73. The lowest BCUT2D eigenvalue weighted by Gasteiger charge is -2.14. The van der Waals surface area contributed by atoms with Gasteiger partial charge in [0.05, 0.1) is 5.56 Å². The summed E-state index contributed by atoms with van der Waals surface area (Å²) in [4.78, 5) is 5.06. The second-order valence-electron chi connectivity index (χ2n) is 3.97. The van der Waals surface area contributed by atoms with Crippen LogP contribution in [0.2, 0.25) is 0 Å². The van der Waals surface area contributed by atoms with Crippen molar-refractivity contribution in [3.63, 3.8) is 0 Å². The van der Waals surface area contributed by atoms with Crippen LogP contribution in [-0.4, -0.2) is 19.9 Å². The molecule has 2 aromatic heterocycles. The zero-order valence-electron chi connectivity index (χ0n) is 9.77. The minimum absolute atomic E-state index is 0.298. The van der Waals surface area contributed by atoms with Crippen LogP contribution >= 0.6 is 0 Å². The molecule has 0 aliphatic carbocycles. The van der Waals surface area contributed by atoms with Crippen molar-refractivity contribution in [2.75, 3.05) is 0 Å². The standard InChI is InChI=1S/C9H2F9N3O/c10-7(11,12)2-1-3-5(19-4(2)8(13,14)15)20-6(21(3)22)9(16,17)18/h1,22H. The van der Waals surface area contributed by atoms with Gasteiger partial charge in [0, 0.05) is 0 Å². The van der Waals surface area contributed by atoms with Crippen molar-refractivity contribution >= 4 is 11.2 Å². The van der Waals surface area contributed by atoms with Gasteiger partial charge in [-0.3, -0.25) is 0 Å². The van der Waals surface area contributed by atoms with Gasteiger partial charge in [0.1, 0.15) is 5.52 Å². The molecule has 0 atom stereocenters. The summed E-state index contributed by atoms with van der Waals surface area (Å²) in [7, 11) is 0. The predicted molar refractivity (Wildman–Crippen MR) is 49.7 cm³/mol. The molecule has 0 aliphatic rings. The molecule has 0 amide bonds. The van der Waals surface area contributed by atoms with Crippen molar-refractivity contribution < 1.29 is 44.7 Å². The molecule has 4 nitrogen and oxygen atoms in total. The summed E-state index contributed by atoms with van der Waals surface area (Å²) in [6.45, 7) is 0. The Kier molecular flexibility index (Phi) is 3.23. The lowest BCUT2D eigenvalue weighted by atomic mass is 10.1. The van der Waals surface area contributed by atoms with Gasteiger partial charge >= 0.3 is 18.5 Å². The van der Waals surface area contributed by atoms with Crippen LogP contribution in [0.25, 0.3) is 11.2 Å². The van der Waals surface area contributed by atoms with Crippen LogP contribution < -0.4 is 0 Å². The van der Waals surface area contributed by atoms with E-state index in [4.69, 9.17) is 5.21 Å². The molecule has 0 bridgehead atoms. The van der Waals surface area contributed by atoms with Crippen LogP contribution in [0.15, 0.2) is 6.07 Å². The molecule has 0 saturated carbocycles. The Hall–Kier alpha value is -2.21. The second-order valence-corrected chi connectivity index (χ2v) is 3.97. The smallest absolute Gasteiger partial charge is 0.426 e. The fraction of sp³-hybridized carbons (Fsp3) is 0.333. The van der Waals surface area contributed by atoms with Crippen LogP contribution in [0.1, 0.15) is 17.1 Å². The van der Waals surface area contributed by atoms with Crippen LogP contribution in [0.4, 0.5) is 39.5 Å². The highest BCUT2D eigenvalue weighted by Crippen LogP contribution is 2.41. The summed E-state index contributed by atoms with van der Waals surface area (Å²) in [5.41, 5.74) is -7.36. The van der Waals surface area contributed by atoms with Crippen molar-refractivity contribution in [1.29, 1.82) is 0 Å². The maximum absolute atomic E-state index is 12.6.